The molecule has 0 aliphatic carbocycles. The molecule has 2 aromatic carbocycles. The van der Waals surface area contributed by atoms with Crippen LogP contribution in [0.25, 0.3) is 21.8 Å². The average Bonchev–Trinajstić information content (AvgIpc) is 2.41. The van der Waals surface area contributed by atoms with Gasteiger partial charge in [-0.15, -0.1) is 0 Å². The number of anilines is 1. The summed E-state index contributed by atoms with van der Waals surface area (Å²) in [6.45, 7) is 0. The van der Waals surface area contributed by atoms with Gasteiger partial charge in [0.05, 0.1) is 11.2 Å². The molecule has 4 nitrogen and oxygen atoms in total. The lowest BCUT2D eigenvalue weighted by Gasteiger charge is -2.07. The fraction of sp³-hybridized carbons (Fsp3) is 0. The predicted molar refractivity (Wildman–Crippen MR) is 76.8 cm³/mol. The number of para-hydroxylation sites is 1. The van der Waals surface area contributed by atoms with Crippen LogP contribution in [0.5, 0.6) is 0 Å². The smallest absolute Gasteiger partial charge is 0.211 e. The zero-order chi connectivity index (χ0) is 13.4. The number of hydrogen-bond acceptors (Lipinski definition) is 2. The van der Waals surface area contributed by atoms with Gasteiger partial charge < -0.3 is 10.3 Å². The van der Waals surface area contributed by atoms with Gasteiger partial charge in [0.1, 0.15) is 0 Å². The zero-order valence-corrected chi connectivity index (χ0v) is 10.5. The van der Waals surface area contributed by atoms with E-state index in [1.807, 2.05) is 0 Å². The summed E-state index contributed by atoms with van der Waals surface area (Å²) >= 11 is 5.91. The first-order chi connectivity index (χ1) is 9.20. The first kappa shape index (κ1) is 11.7. The molecule has 1 aromatic heterocycles. The van der Waals surface area contributed by atoms with Crippen molar-refractivity contribution in [3.8, 4) is 0 Å². The van der Waals surface area contributed by atoms with E-state index in [9.17, 15) is 9.59 Å². The third-order valence-corrected chi connectivity index (χ3v) is 3.24. The van der Waals surface area contributed by atoms with Gasteiger partial charge in [-0.25, -0.2) is 0 Å². The summed E-state index contributed by atoms with van der Waals surface area (Å²) in [5, 5.41) is 4.14. The van der Waals surface area contributed by atoms with Crippen molar-refractivity contribution in [3.05, 3.63) is 51.6 Å². The van der Waals surface area contributed by atoms with Gasteiger partial charge in [0.2, 0.25) is 6.41 Å². The normalized spacial score (nSPS) is 10.8. The second kappa shape index (κ2) is 4.40. The molecule has 0 radical (unpaired) electrons. The fourth-order valence-electron chi connectivity index (χ4n) is 2.15. The quantitative estimate of drug-likeness (QED) is 0.557. The zero-order valence-electron chi connectivity index (χ0n) is 9.74. The number of H-pyrrole nitrogens is 1. The Labute approximate surface area is 113 Å². The number of fused-ring (bicyclic) bond motifs is 2. The number of amides is 1. The molecule has 3 rings (SSSR count). The summed E-state index contributed by atoms with van der Waals surface area (Å²) in [5.74, 6) is 0. The number of pyridine rings is 1. The molecule has 1 amide bonds. The number of aromatic nitrogens is 1. The monoisotopic (exact) mass is 272 g/mol. The van der Waals surface area contributed by atoms with Crippen molar-refractivity contribution in [2.45, 2.75) is 0 Å². The highest BCUT2D eigenvalue weighted by molar-refractivity contribution is 6.31. The number of benzene rings is 2. The van der Waals surface area contributed by atoms with Crippen LogP contribution in [0.4, 0.5) is 5.69 Å². The van der Waals surface area contributed by atoms with Gasteiger partial charge in [0.25, 0.3) is 0 Å². The first-order valence-electron chi connectivity index (χ1n) is 5.65. The molecular formula is C14H9ClN2O2. The highest BCUT2D eigenvalue weighted by atomic mass is 35.5. The first-order valence-corrected chi connectivity index (χ1v) is 6.03. The van der Waals surface area contributed by atoms with E-state index in [0.29, 0.717) is 38.9 Å². The number of aromatic amines is 1. The summed E-state index contributed by atoms with van der Waals surface area (Å²) in [6, 6.07) is 10.3. The third-order valence-electron chi connectivity index (χ3n) is 3.01. The molecule has 0 spiro atoms. The largest absolute Gasteiger partial charge is 0.353 e. The molecule has 0 aliphatic heterocycles. The summed E-state index contributed by atoms with van der Waals surface area (Å²) in [5.41, 5.74) is 1.75. The van der Waals surface area contributed by atoms with E-state index in [0.717, 1.165) is 0 Å². The second-order valence-electron chi connectivity index (χ2n) is 4.13. The maximum atomic E-state index is 12.4. The molecular weight excluding hydrogens is 264 g/mol. The maximum absolute atomic E-state index is 12.4. The van der Waals surface area contributed by atoms with Gasteiger partial charge in [0.15, 0.2) is 5.43 Å². The van der Waals surface area contributed by atoms with Crippen molar-refractivity contribution in [3.63, 3.8) is 0 Å². The minimum absolute atomic E-state index is 0.110. The van der Waals surface area contributed by atoms with Crippen molar-refractivity contribution in [1.82, 2.24) is 4.98 Å². The number of carbonyl (C=O) groups excluding carboxylic acids is 1. The van der Waals surface area contributed by atoms with Crippen LogP contribution in [0.2, 0.25) is 5.02 Å². The molecule has 5 heteroatoms. The molecule has 0 saturated carbocycles. The van der Waals surface area contributed by atoms with Crippen LogP contribution >= 0.6 is 11.6 Å². The number of nitrogens with one attached hydrogen (secondary N) is 2. The van der Waals surface area contributed by atoms with Gasteiger partial charge >= 0.3 is 0 Å². The van der Waals surface area contributed by atoms with E-state index >= 15 is 0 Å². The van der Waals surface area contributed by atoms with E-state index in [1.165, 1.54) is 0 Å². The predicted octanol–water partition coefficient (Wildman–Crippen LogP) is 2.90. The van der Waals surface area contributed by atoms with Crippen LogP contribution in [-0.2, 0) is 4.79 Å². The Bertz CT molecular complexity index is 855. The Morgan fingerprint density at radius 2 is 2.00 bits per heavy atom. The topological polar surface area (TPSA) is 62.0 Å². The lowest BCUT2D eigenvalue weighted by atomic mass is 10.1. The fourth-order valence-corrected chi connectivity index (χ4v) is 2.33. The Balaban J connectivity index is 2.49. The average molecular weight is 273 g/mol. The summed E-state index contributed by atoms with van der Waals surface area (Å²) in [4.78, 5) is 26.1. The highest BCUT2D eigenvalue weighted by Crippen LogP contribution is 2.23. The van der Waals surface area contributed by atoms with E-state index in [-0.39, 0.29) is 5.43 Å². The van der Waals surface area contributed by atoms with Crippen molar-refractivity contribution in [2.24, 2.45) is 0 Å². The van der Waals surface area contributed by atoms with Crippen molar-refractivity contribution >= 4 is 45.5 Å². The van der Waals surface area contributed by atoms with Crippen molar-refractivity contribution in [2.75, 3.05) is 5.32 Å². The lowest BCUT2D eigenvalue weighted by molar-refractivity contribution is -0.105. The minimum atomic E-state index is -0.110. The molecule has 0 atom stereocenters. The van der Waals surface area contributed by atoms with E-state index < -0.39 is 0 Å². The number of carbonyl (C=O) groups is 1. The Morgan fingerprint density at radius 3 is 2.79 bits per heavy atom. The lowest BCUT2D eigenvalue weighted by Crippen LogP contribution is -2.06. The molecule has 94 valence electrons. The van der Waals surface area contributed by atoms with Crippen molar-refractivity contribution in [1.29, 1.82) is 0 Å². The molecule has 0 aliphatic rings. The van der Waals surface area contributed by atoms with Crippen LogP contribution in [0.15, 0.2) is 41.2 Å². The Kier molecular flexibility index (Phi) is 2.72. The van der Waals surface area contributed by atoms with E-state index in [1.54, 1.807) is 36.4 Å². The Hall–Kier alpha value is -2.33. The standard InChI is InChI=1S/C14H9ClN2O2/c15-8-4-5-11-10(6-8)14(19)9-2-1-3-12(16-7-18)13(9)17-11/h1-7H,(H,16,18)(H,17,19). The molecule has 3 aromatic rings. The SMILES string of the molecule is O=CNc1cccc2c(=O)c3cc(Cl)ccc3[nH]c12. The maximum Gasteiger partial charge on any atom is 0.211 e. The Morgan fingerprint density at radius 1 is 1.16 bits per heavy atom. The van der Waals surface area contributed by atoms with E-state index in [2.05, 4.69) is 10.3 Å². The summed E-state index contributed by atoms with van der Waals surface area (Å²) in [6.07, 6.45) is 0.582. The minimum Gasteiger partial charge on any atom is -0.353 e. The molecule has 0 unspecified atom stereocenters. The van der Waals surface area contributed by atoms with Crippen LogP contribution in [-0.4, -0.2) is 11.4 Å². The van der Waals surface area contributed by atoms with Crippen LogP contribution < -0.4 is 10.7 Å². The molecule has 0 saturated heterocycles. The second-order valence-corrected chi connectivity index (χ2v) is 4.57. The van der Waals surface area contributed by atoms with Crippen LogP contribution in [0.1, 0.15) is 0 Å². The molecule has 0 fully saturated rings. The molecule has 1 heterocycles. The van der Waals surface area contributed by atoms with Gasteiger partial charge in [-0.05, 0) is 30.3 Å². The third kappa shape index (κ3) is 1.86. The van der Waals surface area contributed by atoms with Gasteiger partial charge in [-0.3, -0.25) is 9.59 Å². The molecule has 0 bridgehead atoms. The van der Waals surface area contributed by atoms with Gasteiger partial charge in [0, 0.05) is 21.3 Å². The highest BCUT2D eigenvalue weighted by Gasteiger charge is 2.08. The summed E-state index contributed by atoms with van der Waals surface area (Å²) in [7, 11) is 0. The van der Waals surface area contributed by atoms with Crippen LogP contribution in [0.3, 0.4) is 0 Å². The molecule has 2 N–H and O–H groups in total. The van der Waals surface area contributed by atoms with Gasteiger partial charge in [-0.1, -0.05) is 17.7 Å². The van der Waals surface area contributed by atoms with Crippen LogP contribution in [0, 0.1) is 0 Å². The van der Waals surface area contributed by atoms with E-state index in [4.69, 9.17) is 11.6 Å². The number of rotatable bonds is 2. The summed E-state index contributed by atoms with van der Waals surface area (Å²) < 4.78 is 0. The number of hydrogen-bond donors (Lipinski definition) is 2. The van der Waals surface area contributed by atoms with Gasteiger partial charge in [-0.2, -0.15) is 0 Å². The number of halogens is 1. The van der Waals surface area contributed by atoms with Crippen molar-refractivity contribution < 1.29 is 4.79 Å². The molecule has 19 heavy (non-hydrogen) atoms.